The van der Waals surface area contributed by atoms with Gasteiger partial charge >= 0.3 is 0 Å². The van der Waals surface area contributed by atoms with E-state index in [1.165, 1.54) is 11.3 Å². The molecule has 0 N–H and O–H groups in total. The van der Waals surface area contributed by atoms with Gasteiger partial charge in [0.25, 0.3) is 0 Å². The summed E-state index contributed by atoms with van der Waals surface area (Å²) in [4.78, 5) is 30.1. The lowest BCUT2D eigenvalue weighted by molar-refractivity contribution is -0.120. The molecule has 0 bridgehead atoms. The van der Waals surface area contributed by atoms with Crippen LogP contribution in [-0.2, 0) is 22.4 Å². The first kappa shape index (κ1) is 21.2. The Hall–Kier alpha value is -2.71. The van der Waals surface area contributed by atoms with E-state index in [2.05, 4.69) is 19.9 Å². The van der Waals surface area contributed by atoms with Crippen LogP contribution in [0.1, 0.15) is 79.9 Å². The summed E-state index contributed by atoms with van der Waals surface area (Å²) in [6, 6.07) is 12.3. The van der Waals surface area contributed by atoms with E-state index >= 15 is 0 Å². The highest BCUT2D eigenvalue weighted by Crippen LogP contribution is 2.50. The van der Waals surface area contributed by atoms with E-state index in [9.17, 15) is 14.9 Å². The summed E-state index contributed by atoms with van der Waals surface area (Å²) in [7, 11) is 0. The van der Waals surface area contributed by atoms with E-state index in [1.54, 1.807) is 16.2 Å². The third-order valence-corrected chi connectivity index (χ3v) is 8.34. The summed E-state index contributed by atoms with van der Waals surface area (Å²) in [5.74, 6) is -0.0721. The summed E-state index contributed by atoms with van der Waals surface area (Å²) in [5.41, 5.74) is 4.19. The minimum Gasteiger partial charge on any atom is -0.294 e. The number of thiophene rings is 1. The Bertz CT molecular complexity index is 1170. The quantitative estimate of drug-likeness (QED) is 0.530. The van der Waals surface area contributed by atoms with Crippen molar-refractivity contribution in [1.29, 1.82) is 5.26 Å². The van der Waals surface area contributed by atoms with Crippen LogP contribution in [0, 0.1) is 16.7 Å². The van der Waals surface area contributed by atoms with Crippen LogP contribution >= 0.6 is 11.3 Å². The van der Waals surface area contributed by atoms with E-state index in [0.29, 0.717) is 18.4 Å². The van der Waals surface area contributed by atoms with Crippen molar-refractivity contribution in [2.45, 2.75) is 71.1 Å². The summed E-state index contributed by atoms with van der Waals surface area (Å²) < 4.78 is 0. The number of nitriles is 1. The molecule has 0 saturated heterocycles. The molecule has 0 unspecified atom stereocenters. The van der Waals surface area contributed by atoms with E-state index in [4.69, 9.17) is 0 Å². The largest absolute Gasteiger partial charge is 0.294 e. The number of allylic oxidation sites excluding steroid dienone is 2. The van der Waals surface area contributed by atoms with Crippen LogP contribution in [0.5, 0.6) is 0 Å². The van der Waals surface area contributed by atoms with Crippen molar-refractivity contribution in [2.24, 2.45) is 5.41 Å². The molecule has 5 rings (SSSR count). The highest BCUT2D eigenvalue weighted by Gasteiger charge is 2.45. The molecule has 4 nitrogen and oxygen atoms in total. The average Bonchev–Trinajstić information content (AvgIpc) is 2.92. The van der Waals surface area contributed by atoms with E-state index in [1.807, 2.05) is 30.3 Å². The number of amides is 1. The summed E-state index contributed by atoms with van der Waals surface area (Å²) in [5, 5.41) is 10.8. The molecule has 5 heteroatoms. The molecular formula is C27H28N2O2S. The molecule has 2 aliphatic carbocycles. The van der Waals surface area contributed by atoms with Gasteiger partial charge < -0.3 is 0 Å². The van der Waals surface area contributed by atoms with Gasteiger partial charge in [0.05, 0.1) is 5.56 Å². The van der Waals surface area contributed by atoms with Crippen LogP contribution in [-0.4, -0.2) is 11.7 Å². The third-order valence-electron chi connectivity index (χ3n) is 7.06. The van der Waals surface area contributed by atoms with E-state index in [-0.39, 0.29) is 29.4 Å². The fraction of sp³-hybridized carbons (Fsp3) is 0.444. The summed E-state index contributed by atoms with van der Waals surface area (Å²) in [6.45, 7) is 4.19. The normalized spacial score (nSPS) is 22.8. The van der Waals surface area contributed by atoms with Gasteiger partial charge in [-0.25, -0.2) is 0 Å². The number of hydrogen-bond donors (Lipinski definition) is 0. The third kappa shape index (κ3) is 3.51. The van der Waals surface area contributed by atoms with Gasteiger partial charge in [0.15, 0.2) is 5.78 Å². The number of aryl methyl sites for hydroxylation is 1. The molecule has 1 amide bonds. The molecule has 1 aromatic carbocycles. The van der Waals surface area contributed by atoms with Crippen molar-refractivity contribution >= 4 is 28.0 Å². The number of anilines is 1. The predicted molar refractivity (Wildman–Crippen MR) is 127 cm³/mol. The maximum atomic E-state index is 13.7. The van der Waals surface area contributed by atoms with Crippen LogP contribution < -0.4 is 4.90 Å². The van der Waals surface area contributed by atoms with Crippen LogP contribution in [0.2, 0.25) is 0 Å². The Kier molecular flexibility index (Phi) is 5.29. The topological polar surface area (TPSA) is 61.2 Å². The van der Waals surface area contributed by atoms with Crippen molar-refractivity contribution in [3.63, 3.8) is 0 Å². The second-order valence-corrected chi connectivity index (χ2v) is 11.1. The SMILES string of the molecule is CC1(C)CC(=O)C2=C(C1)N(c1sc3c(c1C#N)CCCCC3)C(=O)C[C@@H]2c1ccccc1. The fourth-order valence-electron chi connectivity index (χ4n) is 5.62. The zero-order chi connectivity index (χ0) is 22.5. The number of rotatable bonds is 2. The standard InChI is InChI=1S/C27H28N2O2S/c1-27(2)14-21-25(22(30)15-27)19(17-9-5-3-6-10-17)13-24(31)29(21)26-20(16-28)18-11-7-4-8-12-23(18)32-26/h3,5-6,9-10,19H,4,7-8,11-15H2,1-2H3/t19-/m1/s1. The molecule has 164 valence electrons. The Balaban J connectivity index is 1.70. The van der Waals surface area contributed by atoms with Crippen LogP contribution in [0.25, 0.3) is 0 Å². The zero-order valence-electron chi connectivity index (χ0n) is 18.7. The number of carbonyl (C=O) groups excluding carboxylic acids is 2. The fourth-order valence-corrected chi connectivity index (χ4v) is 7.00. The number of nitrogens with zero attached hydrogens (tertiary/aromatic N) is 2. The van der Waals surface area contributed by atoms with Crippen molar-refractivity contribution in [3.05, 3.63) is 63.2 Å². The summed E-state index contributed by atoms with van der Waals surface area (Å²) >= 11 is 1.60. The van der Waals surface area contributed by atoms with Gasteiger partial charge in [0, 0.05) is 34.9 Å². The Morgan fingerprint density at radius 3 is 2.56 bits per heavy atom. The second kappa shape index (κ2) is 8.01. The van der Waals surface area contributed by atoms with Gasteiger partial charge in [-0.3, -0.25) is 14.5 Å². The molecule has 2 aromatic rings. The molecule has 0 saturated carbocycles. The van der Waals surface area contributed by atoms with Gasteiger partial charge in [-0.05, 0) is 48.6 Å². The average molecular weight is 445 g/mol. The Morgan fingerprint density at radius 2 is 1.81 bits per heavy atom. The first-order valence-electron chi connectivity index (χ1n) is 11.6. The minimum atomic E-state index is -0.214. The van der Waals surface area contributed by atoms with Crippen molar-refractivity contribution in [1.82, 2.24) is 0 Å². The zero-order valence-corrected chi connectivity index (χ0v) is 19.6. The van der Waals surface area contributed by atoms with E-state index < -0.39 is 0 Å². The lowest BCUT2D eigenvalue weighted by atomic mass is 9.69. The highest BCUT2D eigenvalue weighted by atomic mass is 32.1. The van der Waals surface area contributed by atoms with Crippen LogP contribution in [0.4, 0.5) is 5.00 Å². The van der Waals surface area contributed by atoms with Gasteiger partial charge in [-0.15, -0.1) is 11.3 Å². The second-order valence-electron chi connectivity index (χ2n) is 10.1. The lowest BCUT2D eigenvalue weighted by Gasteiger charge is -2.42. The number of hydrogen-bond acceptors (Lipinski definition) is 4. The highest BCUT2D eigenvalue weighted by molar-refractivity contribution is 7.16. The number of Topliss-reactive ketones (excluding diaryl/α,β-unsaturated/α-hetero) is 1. The minimum absolute atomic E-state index is 0.00369. The molecule has 1 atom stereocenters. The number of ketones is 1. The molecule has 0 radical (unpaired) electrons. The molecule has 1 aromatic heterocycles. The summed E-state index contributed by atoms with van der Waals surface area (Å²) in [6.07, 6.45) is 6.69. The maximum Gasteiger partial charge on any atom is 0.232 e. The van der Waals surface area contributed by atoms with Crippen molar-refractivity contribution in [3.8, 4) is 6.07 Å². The number of carbonyl (C=O) groups is 2. The number of benzene rings is 1. The van der Waals surface area contributed by atoms with Gasteiger partial charge in [0.1, 0.15) is 11.1 Å². The van der Waals surface area contributed by atoms with Crippen molar-refractivity contribution in [2.75, 3.05) is 4.90 Å². The molecular weight excluding hydrogens is 416 g/mol. The smallest absolute Gasteiger partial charge is 0.232 e. The lowest BCUT2D eigenvalue weighted by Crippen LogP contribution is -2.43. The van der Waals surface area contributed by atoms with Gasteiger partial charge in [-0.1, -0.05) is 50.6 Å². The van der Waals surface area contributed by atoms with Crippen LogP contribution in [0.15, 0.2) is 41.6 Å². The molecule has 1 aliphatic heterocycles. The van der Waals surface area contributed by atoms with Crippen molar-refractivity contribution < 1.29 is 9.59 Å². The Morgan fingerprint density at radius 1 is 1.06 bits per heavy atom. The maximum absolute atomic E-state index is 13.7. The predicted octanol–water partition coefficient (Wildman–Crippen LogP) is 6.05. The molecule has 3 aliphatic rings. The Labute approximate surface area is 193 Å². The molecule has 0 spiro atoms. The van der Waals surface area contributed by atoms with E-state index in [0.717, 1.165) is 53.1 Å². The first-order chi connectivity index (χ1) is 15.4. The molecule has 2 heterocycles. The first-order valence-corrected chi connectivity index (χ1v) is 12.4. The van der Waals surface area contributed by atoms with Crippen LogP contribution in [0.3, 0.4) is 0 Å². The van der Waals surface area contributed by atoms with Gasteiger partial charge in [0.2, 0.25) is 5.91 Å². The monoisotopic (exact) mass is 444 g/mol. The van der Waals surface area contributed by atoms with Gasteiger partial charge in [-0.2, -0.15) is 5.26 Å². The molecule has 32 heavy (non-hydrogen) atoms. The number of fused-ring (bicyclic) bond motifs is 1. The molecule has 0 fully saturated rings.